The summed E-state index contributed by atoms with van der Waals surface area (Å²) >= 11 is -2.60. The molecule has 0 aliphatic heterocycles. The van der Waals surface area contributed by atoms with E-state index in [1.165, 1.54) is 14.7 Å². The van der Waals surface area contributed by atoms with Gasteiger partial charge in [0.15, 0.2) is 24.8 Å². The Kier molecular flexibility index (Phi) is 34.5. The van der Waals surface area contributed by atoms with Gasteiger partial charge >= 0.3 is 92.2 Å². The molecule has 0 amide bonds. The normalized spacial score (nSPS) is 12.8. The molecule has 0 aliphatic carbocycles. The molecule has 3 aromatic rings. The van der Waals surface area contributed by atoms with Gasteiger partial charge < -0.3 is 29.0 Å². The van der Waals surface area contributed by atoms with Gasteiger partial charge in [-0.05, 0) is 71.6 Å². The van der Waals surface area contributed by atoms with E-state index in [4.69, 9.17) is 28.3 Å². The van der Waals surface area contributed by atoms with Gasteiger partial charge in [-0.1, -0.05) is 54.6 Å². The molecule has 358 valence electrons. The maximum Gasteiger partial charge on any atom is 1.00 e. The van der Waals surface area contributed by atoms with E-state index in [0.29, 0.717) is 6.26 Å². The van der Waals surface area contributed by atoms with Crippen molar-refractivity contribution in [3.63, 3.8) is 0 Å². The van der Waals surface area contributed by atoms with E-state index in [2.05, 4.69) is 91.0 Å². The smallest absolute Gasteiger partial charge is 0.768 e. The Balaban J connectivity index is -0.000000366. The van der Waals surface area contributed by atoms with Gasteiger partial charge in [-0.3, -0.25) is 4.21 Å². The topological polar surface area (TPSA) is 215 Å². The minimum absolute atomic E-state index is 0. The fraction of sp³-hybridized carbons (Fsp3) is 0.471. The molecule has 0 heterocycles. The number of aliphatic hydroxyl groups excluding tert-OH is 3. The molecule has 0 spiro atoms. The largest absolute Gasteiger partial charge is 1.00 e. The third-order valence-corrected chi connectivity index (χ3v) is 11.1. The predicted molar refractivity (Wildman–Crippen MR) is 203 cm³/mol. The van der Waals surface area contributed by atoms with Crippen LogP contribution in [-0.4, -0.2) is 109 Å². The van der Waals surface area contributed by atoms with Gasteiger partial charge in [0, 0.05) is 56.4 Å². The van der Waals surface area contributed by atoms with Gasteiger partial charge in [-0.15, -0.1) is 0 Å². The molecular formula is C34H39BrF12Na2O11S4. The predicted octanol–water partition coefficient (Wildman–Crippen LogP) is 1.73. The fourth-order valence-electron chi connectivity index (χ4n) is 3.72. The second-order valence-electron chi connectivity index (χ2n) is 11.8. The zero-order chi connectivity index (χ0) is 48.9. The molecule has 0 saturated heterocycles. The number of rotatable bonds is 17. The summed E-state index contributed by atoms with van der Waals surface area (Å²) in [7, 11) is -10.3. The van der Waals surface area contributed by atoms with Crippen LogP contribution in [0.5, 0.6) is 0 Å². The molecule has 1 atom stereocenters. The van der Waals surface area contributed by atoms with Crippen molar-refractivity contribution in [3.8, 4) is 0 Å². The number of hydrogen-bond donors (Lipinski definition) is 3. The van der Waals surface area contributed by atoms with Gasteiger partial charge in [-0.2, -0.15) is 52.7 Å². The van der Waals surface area contributed by atoms with E-state index in [1.807, 2.05) is 0 Å². The van der Waals surface area contributed by atoms with Gasteiger partial charge in [0.1, 0.15) is 0 Å². The zero-order valence-electron chi connectivity index (χ0n) is 33.7. The van der Waals surface area contributed by atoms with E-state index < -0.39 is 116 Å². The van der Waals surface area contributed by atoms with Crippen LogP contribution in [0, 0.1) is 0 Å². The van der Waals surface area contributed by atoms with Crippen molar-refractivity contribution in [2.75, 3.05) is 26.1 Å². The minimum atomic E-state index is -6.41. The molecule has 30 heteroatoms. The molecule has 0 saturated carbocycles. The Bertz CT molecular complexity index is 1850. The van der Waals surface area contributed by atoms with Crippen LogP contribution in [0.15, 0.2) is 106 Å². The summed E-state index contributed by atoms with van der Waals surface area (Å²) in [5.74, 6) is -13.7. The van der Waals surface area contributed by atoms with E-state index in [9.17, 15) is 74.4 Å². The van der Waals surface area contributed by atoms with Crippen LogP contribution in [0.25, 0.3) is 0 Å². The van der Waals surface area contributed by atoms with Crippen LogP contribution in [0.4, 0.5) is 52.7 Å². The number of aliphatic hydroxyl groups is 3. The second-order valence-corrected chi connectivity index (χ2v) is 18.6. The van der Waals surface area contributed by atoms with Crippen molar-refractivity contribution in [3.05, 3.63) is 91.0 Å². The molecule has 0 aromatic heterocycles. The number of hydrogen-bond acceptors (Lipinski definition) is 11. The van der Waals surface area contributed by atoms with Crippen LogP contribution in [0.2, 0.25) is 0 Å². The average molecular weight is 1110 g/mol. The molecule has 0 fully saturated rings. The molecule has 11 nitrogen and oxygen atoms in total. The van der Waals surface area contributed by atoms with Crippen LogP contribution in [0.1, 0.15) is 38.5 Å². The van der Waals surface area contributed by atoms with E-state index >= 15 is 0 Å². The summed E-state index contributed by atoms with van der Waals surface area (Å²) in [5, 5.41) is 13.6. The monoisotopic (exact) mass is 1100 g/mol. The second kappa shape index (κ2) is 31.6. The van der Waals surface area contributed by atoms with Gasteiger partial charge in [0.25, 0.3) is 0 Å². The Morgan fingerprint density at radius 1 is 0.562 bits per heavy atom. The molecular weight excluding hydrogens is 1070 g/mol. The number of alkyl halides is 13. The first-order valence-electron chi connectivity index (χ1n) is 16.7. The van der Waals surface area contributed by atoms with Crippen molar-refractivity contribution >= 4 is 58.1 Å². The third-order valence-electron chi connectivity index (χ3n) is 6.67. The molecule has 3 aromatic carbocycles. The average Bonchev–Trinajstić information content (AvgIpc) is 3.16. The van der Waals surface area contributed by atoms with Crippen LogP contribution >= 0.6 is 15.9 Å². The van der Waals surface area contributed by atoms with Crippen molar-refractivity contribution in [1.82, 2.24) is 0 Å². The molecule has 1 unspecified atom stereocenters. The Hall–Kier alpha value is -0.540. The SMILES string of the molecule is CS(=O)(=O)[O-].O=S(=O)([O-])C(F)(F)C(F)(F)CCCO.O=S([O-])C(F)(F)C(F)(F)CCCO.OCCCC(F)(F)C(F)(F)Br.[Na+].[Na+].c1ccc([S+](c2ccccc2)c2ccccc2)cc1. The maximum absolute atomic E-state index is 12.4. The molecule has 3 rings (SSSR count). The molecule has 64 heavy (non-hydrogen) atoms. The Morgan fingerprint density at radius 2 is 0.812 bits per heavy atom. The van der Waals surface area contributed by atoms with Gasteiger partial charge in [0.05, 0.1) is 21.0 Å². The Labute approximate surface area is 419 Å². The van der Waals surface area contributed by atoms with E-state index in [-0.39, 0.29) is 76.4 Å². The van der Waals surface area contributed by atoms with Crippen molar-refractivity contribution < 1.29 is 162 Å². The summed E-state index contributed by atoms with van der Waals surface area (Å²) in [5.41, 5.74) is 0. The van der Waals surface area contributed by atoms with Gasteiger partial charge in [-0.25, -0.2) is 16.8 Å². The summed E-state index contributed by atoms with van der Waals surface area (Å²) in [6.07, 6.45) is -5.01. The summed E-state index contributed by atoms with van der Waals surface area (Å²) in [4.78, 5) is -0.102. The standard InChI is InChI=1S/C18H15S.C5H7BrF4O.C5H8F4O4S.C5H8F4O3S.CH4O3S.2Na/c1-4-10-16(11-5-1)19(17-12-6-2-7-13-17)18-14-8-3-9-15-18;6-5(9,10)4(7,8)2-1-3-11;6-4(7,2-1-3-10)5(8,9)14(11,12)13;6-4(7,2-1-3-10)5(8,9)13(11)12;1-5(2,3)4;;/h1-15H;11H,1-3H2;10H,1-3H2,(H,11,12,13);10H,1-3H2,(H,11,12);1H3,(H,2,3,4);;/q+1;;;;;2*+1/p-3. The summed E-state index contributed by atoms with van der Waals surface area (Å²) in [6.45, 7) is -2.01. The quantitative estimate of drug-likeness (QED) is 0.0442. The third kappa shape index (κ3) is 26.3. The first kappa shape index (κ1) is 70.0. The molecule has 0 bridgehead atoms. The Morgan fingerprint density at radius 3 is 1.03 bits per heavy atom. The van der Waals surface area contributed by atoms with Crippen LogP contribution < -0.4 is 59.1 Å². The molecule has 3 N–H and O–H groups in total. The van der Waals surface area contributed by atoms with E-state index in [0.717, 1.165) is 0 Å². The number of benzene rings is 3. The van der Waals surface area contributed by atoms with Crippen molar-refractivity contribution in [2.24, 2.45) is 0 Å². The van der Waals surface area contributed by atoms with E-state index in [1.54, 1.807) is 15.9 Å². The maximum atomic E-state index is 12.4. The van der Waals surface area contributed by atoms with Crippen molar-refractivity contribution in [1.29, 1.82) is 0 Å². The minimum Gasteiger partial charge on any atom is -0.768 e. The zero-order valence-corrected chi connectivity index (χ0v) is 42.5. The summed E-state index contributed by atoms with van der Waals surface area (Å²) < 4.78 is 223. The van der Waals surface area contributed by atoms with Crippen LogP contribution in [0.3, 0.4) is 0 Å². The first-order chi connectivity index (χ1) is 28.1. The van der Waals surface area contributed by atoms with Gasteiger partial charge in [0.2, 0.25) is 0 Å². The van der Waals surface area contributed by atoms with Crippen LogP contribution in [-0.2, 0) is 42.2 Å². The fourth-order valence-corrected chi connectivity index (χ4v) is 6.84. The number of halogens is 13. The molecule has 0 aliphatic rings. The molecule has 0 radical (unpaired) electrons. The van der Waals surface area contributed by atoms with Crippen molar-refractivity contribution in [2.45, 2.75) is 86.3 Å². The summed E-state index contributed by atoms with van der Waals surface area (Å²) in [6, 6.07) is 32.2. The first-order valence-corrected chi connectivity index (χ1v) is 23.0.